The predicted molar refractivity (Wildman–Crippen MR) is 141 cm³/mol. The SMILES string of the molecule is Cc1cccc(S(=O)(=O)N(C(=O)C(CC(C)C)NC(=O)c2cc3ccccc3o2)[C@H]2CCCNCC2=O)n1. The van der Waals surface area contributed by atoms with Crippen LogP contribution < -0.4 is 10.6 Å². The van der Waals surface area contributed by atoms with Gasteiger partial charge in [-0.2, -0.15) is 8.42 Å². The first-order valence-corrected chi connectivity index (χ1v) is 14.1. The molecule has 1 aromatic carbocycles. The number of hydrogen-bond acceptors (Lipinski definition) is 8. The number of para-hydroxylation sites is 1. The number of benzene rings is 1. The number of carbonyl (C=O) groups is 3. The summed E-state index contributed by atoms with van der Waals surface area (Å²) in [5.74, 6) is -2.03. The molecule has 1 saturated heterocycles. The van der Waals surface area contributed by atoms with Gasteiger partial charge in [-0.3, -0.25) is 14.4 Å². The molecule has 3 aromatic rings. The fraction of sp³-hybridized carbons (Fsp3) is 0.407. The van der Waals surface area contributed by atoms with Crippen molar-refractivity contribution in [2.45, 2.75) is 57.1 Å². The predicted octanol–water partition coefficient (Wildman–Crippen LogP) is 2.82. The van der Waals surface area contributed by atoms with Gasteiger partial charge in [0, 0.05) is 11.1 Å². The number of ketones is 1. The smallest absolute Gasteiger partial charge is 0.287 e. The second-order valence-electron chi connectivity index (χ2n) is 9.86. The molecule has 4 rings (SSSR count). The number of hydrogen-bond donors (Lipinski definition) is 2. The van der Waals surface area contributed by atoms with Gasteiger partial charge in [-0.05, 0) is 62.9 Å². The zero-order valence-corrected chi connectivity index (χ0v) is 22.5. The second-order valence-corrected chi connectivity index (χ2v) is 11.6. The molecular weight excluding hydrogens is 508 g/mol. The van der Waals surface area contributed by atoms with Gasteiger partial charge >= 0.3 is 0 Å². The van der Waals surface area contributed by atoms with E-state index in [9.17, 15) is 22.8 Å². The van der Waals surface area contributed by atoms with E-state index in [4.69, 9.17) is 4.42 Å². The van der Waals surface area contributed by atoms with E-state index in [-0.39, 0.29) is 36.1 Å². The van der Waals surface area contributed by atoms with Crippen LogP contribution in [-0.2, 0) is 19.6 Å². The standard InChI is InChI=1S/C27H32N4O6S/c1-17(2)14-20(30-26(33)24-15-19-9-4-5-11-23(19)37-24)27(34)31(21-10-7-13-28-16-22(21)32)38(35,36)25-12-6-8-18(3)29-25/h4-6,8-9,11-12,15,17,20-21,28H,7,10,13-14,16H2,1-3H3,(H,30,33)/t20?,21-/m0/s1. The maximum Gasteiger partial charge on any atom is 0.287 e. The van der Waals surface area contributed by atoms with Gasteiger partial charge in [0.2, 0.25) is 0 Å². The van der Waals surface area contributed by atoms with Crippen LogP contribution in [0.5, 0.6) is 0 Å². The van der Waals surface area contributed by atoms with Gasteiger partial charge in [-0.25, -0.2) is 9.29 Å². The highest BCUT2D eigenvalue weighted by atomic mass is 32.2. The molecule has 10 nitrogen and oxygen atoms in total. The number of sulfonamides is 1. The van der Waals surface area contributed by atoms with Crippen LogP contribution in [0, 0.1) is 12.8 Å². The highest BCUT2D eigenvalue weighted by Crippen LogP contribution is 2.25. The van der Waals surface area contributed by atoms with Crippen molar-refractivity contribution < 1.29 is 27.2 Å². The molecule has 0 bridgehead atoms. The van der Waals surface area contributed by atoms with Gasteiger partial charge in [0.25, 0.3) is 21.8 Å². The summed E-state index contributed by atoms with van der Waals surface area (Å²) in [6.45, 7) is 5.81. The molecule has 1 fully saturated rings. The average molecular weight is 541 g/mol. The third-order valence-electron chi connectivity index (χ3n) is 6.35. The molecule has 0 aliphatic carbocycles. The highest BCUT2D eigenvalue weighted by Gasteiger charge is 2.43. The number of nitrogens with one attached hydrogen (secondary N) is 2. The lowest BCUT2D eigenvalue weighted by Gasteiger charge is -2.32. The molecule has 11 heteroatoms. The molecule has 0 saturated carbocycles. The first-order valence-electron chi connectivity index (χ1n) is 12.6. The van der Waals surface area contributed by atoms with Crippen LogP contribution in [0.25, 0.3) is 11.0 Å². The monoisotopic (exact) mass is 540 g/mol. The van der Waals surface area contributed by atoms with Gasteiger partial charge in [0.15, 0.2) is 16.6 Å². The summed E-state index contributed by atoms with van der Waals surface area (Å²) in [4.78, 5) is 44.4. The molecule has 2 amide bonds. The second kappa shape index (κ2) is 11.4. The van der Waals surface area contributed by atoms with E-state index in [1.54, 1.807) is 37.3 Å². The number of furan rings is 1. The molecule has 3 heterocycles. The minimum Gasteiger partial charge on any atom is -0.451 e. The number of aryl methyl sites for hydroxylation is 1. The molecule has 38 heavy (non-hydrogen) atoms. The van der Waals surface area contributed by atoms with Crippen LogP contribution in [0.4, 0.5) is 0 Å². The van der Waals surface area contributed by atoms with E-state index < -0.39 is 39.7 Å². The van der Waals surface area contributed by atoms with E-state index >= 15 is 0 Å². The first kappa shape index (κ1) is 27.5. The minimum absolute atomic E-state index is 0.00254. The Labute approximate surface area is 221 Å². The Hall–Kier alpha value is -3.57. The van der Waals surface area contributed by atoms with Crippen molar-refractivity contribution in [2.75, 3.05) is 13.1 Å². The molecule has 0 spiro atoms. The van der Waals surface area contributed by atoms with Crippen LogP contribution in [0.2, 0.25) is 0 Å². The minimum atomic E-state index is -4.52. The van der Waals surface area contributed by atoms with Crippen LogP contribution in [-0.4, -0.2) is 60.5 Å². The number of fused-ring (bicyclic) bond motifs is 1. The Bertz CT molecular complexity index is 1420. The van der Waals surface area contributed by atoms with Crippen LogP contribution in [0.3, 0.4) is 0 Å². The summed E-state index contributed by atoms with van der Waals surface area (Å²) in [7, 11) is -4.52. The van der Waals surface area contributed by atoms with Gasteiger partial charge in [-0.15, -0.1) is 0 Å². The number of Topliss-reactive ketones (excluding diaryl/α,β-unsaturated/α-hetero) is 1. The van der Waals surface area contributed by atoms with Crippen LogP contribution in [0.1, 0.15) is 49.4 Å². The summed E-state index contributed by atoms with van der Waals surface area (Å²) in [6.07, 6.45) is 0.808. The molecule has 2 N–H and O–H groups in total. The van der Waals surface area contributed by atoms with Crippen molar-refractivity contribution in [2.24, 2.45) is 5.92 Å². The van der Waals surface area contributed by atoms with Crippen molar-refractivity contribution in [1.82, 2.24) is 19.9 Å². The Balaban J connectivity index is 1.73. The van der Waals surface area contributed by atoms with Gasteiger partial charge in [0.1, 0.15) is 17.7 Å². The maximum absolute atomic E-state index is 14.1. The Morgan fingerprint density at radius 2 is 1.95 bits per heavy atom. The zero-order chi connectivity index (χ0) is 27.4. The first-order chi connectivity index (χ1) is 18.1. The average Bonchev–Trinajstić information content (AvgIpc) is 3.20. The van der Waals surface area contributed by atoms with Gasteiger partial charge in [-0.1, -0.05) is 38.1 Å². The third kappa shape index (κ3) is 5.94. The van der Waals surface area contributed by atoms with Crippen molar-refractivity contribution >= 4 is 38.6 Å². The maximum atomic E-state index is 14.1. The number of nitrogens with zero attached hydrogens (tertiary/aromatic N) is 2. The topological polar surface area (TPSA) is 139 Å². The highest BCUT2D eigenvalue weighted by molar-refractivity contribution is 7.89. The fourth-order valence-electron chi connectivity index (χ4n) is 4.53. The van der Waals surface area contributed by atoms with Gasteiger partial charge in [0.05, 0.1) is 6.54 Å². The number of pyridine rings is 1. The zero-order valence-electron chi connectivity index (χ0n) is 21.6. The number of amides is 2. The van der Waals surface area contributed by atoms with Crippen molar-refractivity contribution in [3.8, 4) is 0 Å². The van der Waals surface area contributed by atoms with E-state index in [1.807, 2.05) is 19.9 Å². The van der Waals surface area contributed by atoms with Gasteiger partial charge < -0.3 is 15.1 Å². The van der Waals surface area contributed by atoms with Crippen LogP contribution in [0.15, 0.2) is 58.0 Å². The normalized spacial score (nSPS) is 17.3. The van der Waals surface area contributed by atoms with E-state index in [0.29, 0.717) is 28.5 Å². The van der Waals surface area contributed by atoms with Crippen LogP contribution >= 0.6 is 0 Å². The third-order valence-corrected chi connectivity index (χ3v) is 8.06. The Morgan fingerprint density at radius 1 is 1.18 bits per heavy atom. The lowest BCUT2D eigenvalue weighted by Crippen LogP contribution is -2.56. The van der Waals surface area contributed by atoms with Crippen molar-refractivity contribution in [3.05, 3.63) is 60.0 Å². The lowest BCUT2D eigenvalue weighted by atomic mass is 10.0. The molecule has 2 atom stereocenters. The Kier molecular flexibility index (Phi) is 8.27. The molecule has 1 aliphatic rings. The Morgan fingerprint density at radius 3 is 2.66 bits per heavy atom. The van der Waals surface area contributed by atoms with Crippen molar-refractivity contribution in [1.29, 1.82) is 0 Å². The number of aromatic nitrogens is 1. The molecule has 1 aliphatic heterocycles. The molecule has 2 aromatic heterocycles. The van der Waals surface area contributed by atoms with Crippen molar-refractivity contribution in [3.63, 3.8) is 0 Å². The number of rotatable bonds is 8. The fourth-order valence-corrected chi connectivity index (χ4v) is 6.16. The van der Waals surface area contributed by atoms with E-state index in [2.05, 4.69) is 15.6 Å². The number of carbonyl (C=O) groups excluding carboxylic acids is 3. The summed E-state index contributed by atoms with van der Waals surface area (Å²) in [5, 5.41) is 6.03. The summed E-state index contributed by atoms with van der Waals surface area (Å²) in [6, 6.07) is 10.7. The lowest BCUT2D eigenvalue weighted by molar-refractivity contribution is -0.135. The quantitative estimate of drug-likeness (QED) is 0.445. The summed E-state index contributed by atoms with van der Waals surface area (Å²) < 4.78 is 34.1. The van der Waals surface area contributed by atoms with E-state index in [1.165, 1.54) is 12.1 Å². The summed E-state index contributed by atoms with van der Waals surface area (Å²) in [5.41, 5.74) is 0.958. The molecule has 0 radical (unpaired) electrons. The largest absolute Gasteiger partial charge is 0.451 e. The summed E-state index contributed by atoms with van der Waals surface area (Å²) >= 11 is 0. The molecule has 202 valence electrons. The molecular formula is C27H32N4O6S. The van der Waals surface area contributed by atoms with E-state index in [0.717, 1.165) is 5.39 Å². The molecule has 1 unspecified atom stereocenters.